The number of ether oxygens (including phenoxy) is 2. The van der Waals surface area contributed by atoms with Crippen LogP contribution in [-0.2, 0) is 59.1 Å². The first kappa shape index (κ1) is 41.7. The van der Waals surface area contributed by atoms with Crippen molar-refractivity contribution in [2.45, 2.75) is 64.7 Å². The van der Waals surface area contributed by atoms with Gasteiger partial charge >= 0.3 is 0 Å². The van der Waals surface area contributed by atoms with E-state index in [4.69, 9.17) is 29.6 Å². The van der Waals surface area contributed by atoms with Crippen molar-refractivity contribution in [3.05, 3.63) is 108 Å². The maximum absolute atomic E-state index is 12.2. The number of fused-ring (bicyclic) bond motifs is 4. The summed E-state index contributed by atoms with van der Waals surface area (Å²) in [6, 6.07) is 19.2. The second-order valence-corrected chi connectivity index (χ2v) is 17.8. The Morgan fingerprint density at radius 2 is 1.20 bits per heavy atom. The van der Waals surface area contributed by atoms with Crippen molar-refractivity contribution < 1.29 is 19.1 Å². The van der Waals surface area contributed by atoms with Crippen molar-refractivity contribution in [2.24, 2.45) is 14.1 Å². The van der Waals surface area contributed by atoms with Crippen molar-refractivity contribution in [1.82, 2.24) is 58.9 Å². The monoisotopic (exact) mass is 884 g/mol. The third-order valence-corrected chi connectivity index (χ3v) is 13.6. The molecule has 2 amide bonds. The highest BCUT2D eigenvalue weighted by Crippen LogP contribution is 2.39. The third-order valence-electron chi connectivity index (χ3n) is 13.6. The first-order valence-corrected chi connectivity index (χ1v) is 22.8. The van der Waals surface area contributed by atoms with E-state index in [2.05, 4.69) is 43.8 Å². The molecular weight excluding hydrogens is 833 g/mol. The van der Waals surface area contributed by atoms with Crippen molar-refractivity contribution in [1.29, 1.82) is 0 Å². The van der Waals surface area contributed by atoms with Crippen LogP contribution in [0.5, 0.6) is 0 Å². The maximum Gasteiger partial charge on any atom is 0.219 e. The molecule has 0 aliphatic carbocycles. The van der Waals surface area contributed by atoms with Gasteiger partial charge in [-0.05, 0) is 43.2 Å². The Hall–Kier alpha value is -7.04. The van der Waals surface area contributed by atoms with Gasteiger partial charge in [0, 0.05) is 160 Å². The molecule has 0 spiro atoms. The zero-order valence-electron chi connectivity index (χ0n) is 37.7. The average molecular weight is 885 g/mol. The number of hydrogen-bond donors (Lipinski definition) is 0. The lowest BCUT2D eigenvalue weighted by Crippen LogP contribution is -2.35. The number of benzene rings is 2. The van der Waals surface area contributed by atoms with E-state index in [1.807, 2.05) is 85.2 Å². The van der Waals surface area contributed by atoms with Crippen LogP contribution in [0.2, 0.25) is 0 Å². The minimum absolute atomic E-state index is 0.0991. The zero-order valence-corrected chi connectivity index (χ0v) is 37.7. The fraction of sp³-hybridized carbons (Fsp3) is 0.360. The highest BCUT2D eigenvalue weighted by molar-refractivity contribution is 5.97. The van der Waals surface area contributed by atoms with Crippen LogP contribution in [0, 0.1) is 0 Å². The minimum atomic E-state index is 0.0991. The molecule has 0 radical (unpaired) electrons. The van der Waals surface area contributed by atoms with Crippen LogP contribution in [0.1, 0.15) is 61.3 Å². The fourth-order valence-electron chi connectivity index (χ4n) is 10.1. The Morgan fingerprint density at radius 1 is 0.636 bits per heavy atom. The van der Waals surface area contributed by atoms with Gasteiger partial charge in [-0.2, -0.15) is 20.4 Å². The Kier molecular flexibility index (Phi) is 10.8. The second kappa shape index (κ2) is 17.1. The molecule has 2 fully saturated rings. The Bertz CT molecular complexity index is 3150. The van der Waals surface area contributed by atoms with Gasteiger partial charge in [0.15, 0.2) is 0 Å². The molecule has 2 atom stereocenters. The molecule has 6 aromatic heterocycles. The van der Waals surface area contributed by atoms with Crippen LogP contribution in [-0.4, -0.2) is 110 Å². The van der Waals surface area contributed by atoms with E-state index in [0.717, 1.165) is 130 Å². The molecule has 10 heterocycles. The molecule has 2 aromatic carbocycles. The lowest BCUT2D eigenvalue weighted by Gasteiger charge is -2.27. The van der Waals surface area contributed by atoms with Gasteiger partial charge in [0.1, 0.15) is 0 Å². The van der Waals surface area contributed by atoms with Crippen LogP contribution in [0.25, 0.3) is 66.7 Å². The molecule has 0 saturated carbocycles. The number of rotatable bonds is 6. The van der Waals surface area contributed by atoms with Gasteiger partial charge in [-0.15, -0.1) is 0 Å². The van der Waals surface area contributed by atoms with Crippen LogP contribution in [0.3, 0.4) is 0 Å². The molecule has 16 nitrogen and oxygen atoms in total. The first-order chi connectivity index (χ1) is 32.2. The molecule has 2 saturated heterocycles. The quantitative estimate of drug-likeness (QED) is 0.176. The molecular formula is C50H52N12O4. The van der Waals surface area contributed by atoms with Gasteiger partial charge < -0.3 is 19.3 Å². The Balaban J connectivity index is 0.000000146. The number of pyridine rings is 2. The highest BCUT2D eigenvalue weighted by atomic mass is 16.5. The van der Waals surface area contributed by atoms with E-state index >= 15 is 0 Å². The van der Waals surface area contributed by atoms with Crippen molar-refractivity contribution in [3.63, 3.8) is 0 Å². The maximum atomic E-state index is 12.2. The lowest BCUT2D eigenvalue weighted by atomic mass is 9.97. The summed E-state index contributed by atoms with van der Waals surface area (Å²) in [5.74, 6) is 0.200. The van der Waals surface area contributed by atoms with Gasteiger partial charge in [-0.3, -0.25) is 33.3 Å². The van der Waals surface area contributed by atoms with E-state index in [1.54, 1.807) is 23.2 Å². The Labute approximate surface area is 381 Å². The Morgan fingerprint density at radius 3 is 1.73 bits per heavy atom. The van der Waals surface area contributed by atoms with Crippen molar-refractivity contribution >= 4 is 33.6 Å². The van der Waals surface area contributed by atoms with E-state index < -0.39 is 0 Å². The number of aromatic nitrogens is 10. The summed E-state index contributed by atoms with van der Waals surface area (Å²) >= 11 is 0. The molecule has 12 rings (SSSR count). The molecule has 336 valence electrons. The minimum Gasteiger partial charge on any atom is -0.379 e. The predicted molar refractivity (Wildman–Crippen MR) is 249 cm³/mol. The van der Waals surface area contributed by atoms with Gasteiger partial charge in [0.2, 0.25) is 11.8 Å². The van der Waals surface area contributed by atoms with E-state index in [1.165, 1.54) is 11.4 Å². The summed E-state index contributed by atoms with van der Waals surface area (Å²) in [5, 5.41) is 21.0. The fourth-order valence-corrected chi connectivity index (χ4v) is 10.1. The number of amides is 2. The smallest absolute Gasteiger partial charge is 0.219 e. The van der Waals surface area contributed by atoms with E-state index in [9.17, 15) is 9.59 Å². The van der Waals surface area contributed by atoms with Crippen LogP contribution < -0.4 is 0 Å². The van der Waals surface area contributed by atoms with Crippen LogP contribution in [0.4, 0.5) is 0 Å². The largest absolute Gasteiger partial charge is 0.379 e. The second-order valence-electron chi connectivity index (χ2n) is 17.8. The molecule has 4 aliphatic rings. The number of carbonyl (C=O) groups excluding carboxylic acids is 2. The first-order valence-electron chi connectivity index (χ1n) is 22.8. The number of hydrogen-bond acceptors (Lipinski definition) is 10. The lowest BCUT2D eigenvalue weighted by molar-refractivity contribution is -0.130. The molecule has 66 heavy (non-hydrogen) atoms. The molecule has 0 N–H and O–H groups in total. The summed E-state index contributed by atoms with van der Waals surface area (Å²) in [7, 11) is 3.82. The van der Waals surface area contributed by atoms with Gasteiger partial charge in [-0.25, -0.2) is 4.98 Å². The summed E-state index contributed by atoms with van der Waals surface area (Å²) in [6.45, 7) is 8.82. The predicted octanol–water partition coefficient (Wildman–Crippen LogP) is 6.73. The SMILES string of the molecule is CC(=O)N1CCc2c(c(-c3cccc4nc(-c5cnn(C)c5)ccc34)nn2[C@H]2CCOC2)C1.CC(=O)N1CCc2c(c(-c3cccc4ncc(-c5cnn(C)c5)cc34)nn2[C@H]2CCOC2)C1. The van der Waals surface area contributed by atoms with Crippen LogP contribution >= 0.6 is 0 Å². The number of carbonyl (C=O) groups is 2. The summed E-state index contributed by atoms with van der Waals surface area (Å²) < 4.78 is 19.3. The number of aryl methyl sites for hydroxylation is 2. The molecule has 0 unspecified atom stereocenters. The summed E-state index contributed by atoms with van der Waals surface area (Å²) in [6.07, 6.45) is 13.1. The summed E-state index contributed by atoms with van der Waals surface area (Å²) in [4.78, 5) is 37.8. The third kappa shape index (κ3) is 7.62. The molecule has 4 aliphatic heterocycles. The van der Waals surface area contributed by atoms with Gasteiger partial charge in [-0.1, -0.05) is 24.3 Å². The standard InChI is InChI=1S/2C25H26N6O2/c1-16(32)30-8-6-24-22(14-30)25(28-31(24)19-7-9-33-15-19)20-4-3-5-23-21(20)10-17(11-26-23)18-12-27-29(2)13-18;1-16(32)30-10-8-24-21(14-30)25(28-31(24)18-9-11-33-15-18)20-4-3-5-23-19(20)6-7-22(27-23)17-12-26-29(2)13-17/h3-5,10-13,19H,6-9,14-15H2,1-2H3;3-7,12-13,18H,8-11,14-15H2,1-2H3/t19-;18-/m00/s1. The highest BCUT2D eigenvalue weighted by Gasteiger charge is 2.33. The molecule has 8 aromatic rings. The van der Waals surface area contributed by atoms with Crippen molar-refractivity contribution in [2.75, 3.05) is 39.5 Å². The van der Waals surface area contributed by atoms with Crippen molar-refractivity contribution in [3.8, 4) is 44.9 Å². The number of nitrogens with zero attached hydrogens (tertiary/aromatic N) is 12. The van der Waals surface area contributed by atoms with Gasteiger partial charge in [0.25, 0.3) is 0 Å². The summed E-state index contributed by atoms with van der Waals surface area (Å²) in [5.41, 5.74) is 14.5. The van der Waals surface area contributed by atoms with Gasteiger partial charge in [0.05, 0.1) is 65.8 Å². The topological polar surface area (TPSA) is 156 Å². The molecule has 0 bridgehead atoms. The average Bonchev–Trinajstić information content (AvgIpc) is 4.21. The van der Waals surface area contributed by atoms with E-state index in [-0.39, 0.29) is 23.9 Å². The zero-order chi connectivity index (χ0) is 45.1. The van der Waals surface area contributed by atoms with Crippen LogP contribution in [0.15, 0.2) is 85.6 Å². The normalized spacial score (nSPS) is 18.1. The van der Waals surface area contributed by atoms with E-state index in [0.29, 0.717) is 26.3 Å². The molecule has 16 heteroatoms.